The first-order valence-corrected chi connectivity index (χ1v) is 8.37. The van der Waals surface area contributed by atoms with Crippen molar-refractivity contribution >= 4 is 46.3 Å². The molecule has 0 heterocycles. The van der Waals surface area contributed by atoms with Crippen LogP contribution in [0.1, 0.15) is 32.3 Å². The van der Waals surface area contributed by atoms with Crippen LogP contribution in [0.5, 0.6) is 0 Å². The standard InChI is InChI=1S/C14H21ClN2S2/c1-4-14(5-2,19-3)9-17-10-6-7-11(13(16)18)12(15)8-10/h6-8,17H,4-5,9H2,1-3H3,(H2,16,18). The number of benzene rings is 1. The molecule has 5 heteroatoms. The summed E-state index contributed by atoms with van der Waals surface area (Å²) in [6, 6.07) is 5.72. The highest BCUT2D eigenvalue weighted by Crippen LogP contribution is 2.31. The van der Waals surface area contributed by atoms with E-state index in [1.807, 2.05) is 30.0 Å². The molecule has 0 aliphatic heterocycles. The maximum atomic E-state index is 6.16. The number of thioether (sulfide) groups is 1. The Morgan fingerprint density at radius 3 is 2.47 bits per heavy atom. The Morgan fingerprint density at radius 1 is 1.42 bits per heavy atom. The molecule has 0 aromatic heterocycles. The van der Waals surface area contributed by atoms with Crippen LogP contribution in [-0.4, -0.2) is 22.5 Å². The number of hydrogen-bond acceptors (Lipinski definition) is 3. The van der Waals surface area contributed by atoms with E-state index in [2.05, 4.69) is 25.4 Å². The van der Waals surface area contributed by atoms with Crippen LogP contribution < -0.4 is 11.1 Å². The van der Waals surface area contributed by atoms with Gasteiger partial charge in [0.25, 0.3) is 0 Å². The fraction of sp³-hybridized carbons (Fsp3) is 0.500. The highest BCUT2D eigenvalue weighted by molar-refractivity contribution is 8.00. The lowest BCUT2D eigenvalue weighted by Gasteiger charge is -2.30. The maximum Gasteiger partial charge on any atom is 0.105 e. The maximum absolute atomic E-state index is 6.16. The van der Waals surface area contributed by atoms with E-state index in [0.717, 1.165) is 30.6 Å². The van der Waals surface area contributed by atoms with Gasteiger partial charge in [-0.25, -0.2) is 0 Å². The molecule has 0 saturated heterocycles. The minimum Gasteiger partial charge on any atom is -0.389 e. The van der Waals surface area contributed by atoms with Crippen LogP contribution in [0, 0.1) is 0 Å². The van der Waals surface area contributed by atoms with E-state index in [-0.39, 0.29) is 4.75 Å². The van der Waals surface area contributed by atoms with Gasteiger partial charge in [0.2, 0.25) is 0 Å². The summed E-state index contributed by atoms with van der Waals surface area (Å²) in [5.41, 5.74) is 7.33. The van der Waals surface area contributed by atoms with Crippen molar-refractivity contribution < 1.29 is 0 Å². The number of rotatable bonds is 7. The molecule has 0 aliphatic rings. The molecule has 3 N–H and O–H groups in total. The molecule has 0 unspecified atom stereocenters. The molecule has 19 heavy (non-hydrogen) atoms. The Morgan fingerprint density at radius 2 is 2.05 bits per heavy atom. The van der Waals surface area contributed by atoms with Gasteiger partial charge in [0.05, 0.1) is 5.02 Å². The zero-order chi connectivity index (χ0) is 14.5. The summed E-state index contributed by atoms with van der Waals surface area (Å²) in [7, 11) is 0. The van der Waals surface area contributed by atoms with Crippen LogP contribution >= 0.6 is 35.6 Å². The van der Waals surface area contributed by atoms with E-state index in [4.69, 9.17) is 29.6 Å². The number of anilines is 1. The van der Waals surface area contributed by atoms with Gasteiger partial charge in [-0.05, 0) is 37.3 Å². The minimum atomic E-state index is 0.272. The lowest BCUT2D eigenvalue weighted by molar-refractivity contribution is 0.575. The van der Waals surface area contributed by atoms with Gasteiger partial charge in [0.1, 0.15) is 4.99 Å². The monoisotopic (exact) mass is 316 g/mol. The fourth-order valence-electron chi connectivity index (χ4n) is 1.95. The lowest BCUT2D eigenvalue weighted by Crippen LogP contribution is -2.32. The van der Waals surface area contributed by atoms with Crippen LogP contribution in [0.25, 0.3) is 0 Å². The van der Waals surface area contributed by atoms with E-state index in [1.165, 1.54) is 0 Å². The molecule has 1 aromatic carbocycles. The number of thiocarbonyl (C=S) groups is 1. The summed E-state index contributed by atoms with van der Waals surface area (Å²) in [6.07, 6.45) is 4.43. The second kappa shape index (κ2) is 7.36. The van der Waals surface area contributed by atoms with E-state index in [1.54, 1.807) is 0 Å². The third-order valence-corrected chi connectivity index (χ3v) is 5.69. The first-order valence-electron chi connectivity index (χ1n) is 6.36. The quantitative estimate of drug-likeness (QED) is 0.735. The molecular weight excluding hydrogens is 296 g/mol. The van der Waals surface area contributed by atoms with E-state index in [0.29, 0.717) is 10.0 Å². The number of nitrogens with one attached hydrogen (secondary N) is 1. The molecule has 0 amide bonds. The van der Waals surface area contributed by atoms with Crippen LogP contribution in [0.3, 0.4) is 0 Å². The molecule has 0 atom stereocenters. The van der Waals surface area contributed by atoms with Crippen molar-refractivity contribution in [3.8, 4) is 0 Å². The highest BCUT2D eigenvalue weighted by atomic mass is 35.5. The molecule has 0 bridgehead atoms. The van der Waals surface area contributed by atoms with Crippen molar-refractivity contribution in [3.63, 3.8) is 0 Å². The molecule has 0 radical (unpaired) electrons. The second-order valence-corrected chi connectivity index (χ2v) is 6.63. The Bertz CT molecular complexity index is 437. The summed E-state index contributed by atoms with van der Waals surface area (Å²) in [5, 5.41) is 4.05. The van der Waals surface area contributed by atoms with E-state index >= 15 is 0 Å². The lowest BCUT2D eigenvalue weighted by atomic mass is 10.0. The Kier molecular flexibility index (Phi) is 6.43. The third-order valence-electron chi connectivity index (χ3n) is 3.57. The molecule has 0 aliphatic carbocycles. The fourth-order valence-corrected chi connectivity index (χ4v) is 3.26. The number of hydrogen-bond donors (Lipinski definition) is 2. The molecule has 0 fully saturated rings. The summed E-state index contributed by atoms with van der Waals surface area (Å²) >= 11 is 13.0. The topological polar surface area (TPSA) is 38.0 Å². The molecule has 1 aromatic rings. The van der Waals surface area contributed by atoms with Gasteiger partial charge in [0, 0.05) is 22.5 Å². The van der Waals surface area contributed by atoms with Gasteiger partial charge < -0.3 is 11.1 Å². The van der Waals surface area contributed by atoms with Gasteiger partial charge in [0.15, 0.2) is 0 Å². The summed E-state index contributed by atoms with van der Waals surface area (Å²) in [5.74, 6) is 0. The first kappa shape index (κ1) is 16.6. The van der Waals surface area contributed by atoms with Crippen molar-refractivity contribution in [2.75, 3.05) is 18.1 Å². The SMILES string of the molecule is CCC(CC)(CNc1ccc(C(N)=S)c(Cl)c1)SC. The molecule has 1 rings (SSSR count). The first-order chi connectivity index (χ1) is 8.98. The van der Waals surface area contributed by atoms with Crippen molar-refractivity contribution in [1.29, 1.82) is 0 Å². The third kappa shape index (κ3) is 4.26. The van der Waals surface area contributed by atoms with Crippen molar-refractivity contribution in [2.24, 2.45) is 5.73 Å². The number of nitrogens with two attached hydrogens (primary N) is 1. The zero-order valence-electron chi connectivity index (χ0n) is 11.6. The average Bonchev–Trinajstić information content (AvgIpc) is 2.40. The predicted molar refractivity (Wildman–Crippen MR) is 92.7 cm³/mol. The normalized spacial score (nSPS) is 11.4. The second-order valence-electron chi connectivity index (χ2n) is 4.51. The minimum absolute atomic E-state index is 0.272. The van der Waals surface area contributed by atoms with Crippen LogP contribution in [0.4, 0.5) is 5.69 Å². The number of halogens is 1. The van der Waals surface area contributed by atoms with Crippen LogP contribution in [0.15, 0.2) is 18.2 Å². The van der Waals surface area contributed by atoms with Gasteiger partial charge in [-0.1, -0.05) is 37.7 Å². The van der Waals surface area contributed by atoms with Crippen molar-refractivity contribution in [1.82, 2.24) is 0 Å². The average molecular weight is 317 g/mol. The highest BCUT2D eigenvalue weighted by Gasteiger charge is 2.24. The predicted octanol–water partition coefficient (Wildman–Crippen LogP) is 4.31. The molecule has 0 spiro atoms. The van der Waals surface area contributed by atoms with Gasteiger partial charge >= 0.3 is 0 Å². The molecule has 0 saturated carbocycles. The molecule has 2 nitrogen and oxygen atoms in total. The van der Waals surface area contributed by atoms with Crippen LogP contribution in [0.2, 0.25) is 5.02 Å². The van der Waals surface area contributed by atoms with Crippen molar-refractivity contribution in [3.05, 3.63) is 28.8 Å². The largest absolute Gasteiger partial charge is 0.389 e. The Labute approximate surface area is 130 Å². The zero-order valence-corrected chi connectivity index (χ0v) is 14.0. The smallest absolute Gasteiger partial charge is 0.105 e. The van der Waals surface area contributed by atoms with Crippen LogP contribution in [-0.2, 0) is 0 Å². The van der Waals surface area contributed by atoms with Gasteiger partial charge in [-0.3, -0.25) is 0 Å². The van der Waals surface area contributed by atoms with E-state index in [9.17, 15) is 0 Å². The van der Waals surface area contributed by atoms with Gasteiger partial charge in [-0.2, -0.15) is 11.8 Å². The van der Waals surface area contributed by atoms with Crippen molar-refractivity contribution in [2.45, 2.75) is 31.4 Å². The summed E-state index contributed by atoms with van der Waals surface area (Å²) in [4.78, 5) is 0.331. The Balaban J connectivity index is 2.78. The summed E-state index contributed by atoms with van der Waals surface area (Å²) < 4.78 is 0.272. The van der Waals surface area contributed by atoms with E-state index < -0.39 is 0 Å². The van der Waals surface area contributed by atoms with Gasteiger partial charge in [-0.15, -0.1) is 0 Å². The molecule has 106 valence electrons. The summed E-state index contributed by atoms with van der Waals surface area (Å²) in [6.45, 7) is 5.37. The molecular formula is C14H21ClN2S2. The Hall–Kier alpha value is -0.450.